The van der Waals surface area contributed by atoms with Crippen molar-refractivity contribution in [2.24, 2.45) is 0 Å². The summed E-state index contributed by atoms with van der Waals surface area (Å²) < 4.78 is 10.8. The minimum atomic E-state index is -0.790. The highest BCUT2D eigenvalue weighted by Gasteiger charge is 2.16. The third kappa shape index (κ3) is 74.2. The van der Waals surface area contributed by atoms with E-state index in [1.54, 1.807) is 0 Å². The van der Waals surface area contributed by atoms with Gasteiger partial charge in [-0.15, -0.1) is 0 Å². The standard InChI is InChI=1S/C83H140O5/c1-3-5-7-9-11-13-15-17-19-21-23-25-27-29-31-33-35-37-39-41-43-45-47-49-51-53-55-57-59-61-63-65-67-69-71-73-75-77-82(85)87-80-81(79-84)88-83(86)78-76-74-72-70-68-66-64-62-60-58-56-54-52-50-48-46-44-42-40-38-36-34-32-30-28-26-24-22-20-18-16-14-12-10-8-6-4-2/h6,8,12,14-15,17-18,20-21,23-24,26,30,32,36,38,42,44,48,50,54,56,60,62,81,84H,3-5,7,9-11,13,16,19,22,25,27-29,31,33-35,37,39-41,43,45-47,49,51-53,55,57-59,61,63-80H2,1-2H3/b8-6-,14-12-,17-15-,20-18-,23-21-,26-24-,32-30-,38-36-,44-42-,50-48-,56-54-,62-60-. The third-order valence-corrected chi connectivity index (χ3v) is 16.1. The summed E-state index contributed by atoms with van der Waals surface area (Å²) >= 11 is 0. The number of rotatable bonds is 68. The molecule has 88 heavy (non-hydrogen) atoms. The average Bonchev–Trinajstić information content (AvgIpc) is 3.55. The van der Waals surface area contributed by atoms with E-state index in [0.29, 0.717) is 12.8 Å². The summed E-state index contributed by atoms with van der Waals surface area (Å²) in [6, 6.07) is 0. The first-order valence-corrected chi connectivity index (χ1v) is 37.4. The zero-order chi connectivity index (χ0) is 63.3. The summed E-state index contributed by atoms with van der Waals surface area (Å²) in [5.41, 5.74) is 0. The number of unbranched alkanes of at least 4 members (excludes halogenated alkanes) is 36. The molecule has 5 heteroatoms. The van der Waals surface area contributed by atoms with E-state index in [9.17, 15) is 14.7 Å². The molecule has 0 saturated heterocycles. The highest BCUT2D eigenvalue weighted by atomic mass is 16.6. The lowest BCUT2D eigenvalue weighted by Crippen LogP contribution is -2.28. The van der Waals surface area contributed by atoms with Gasteiger partial charge in [-0.2, -0.15) is 0 Å². The molecule has 1 unspecified atom stereocenters. The van der Waals surface area contributed by atoms with Gasteiger partial charge in [0.25, 0.3) is 0 Å². The number of aliphatic hydroxyl groups is 1. The Bertz CT molecular complexity index is 1810. The van der Waals surface area contributed by atoms with Gasteiger partial charge in [0.15, 0.2) is 6.10 Å². The van der Waals surface area contributed by atoms with Gasteiger partial charge in [-0.3, -0.25) is 9.59 Å². The molecule has 0 saturated carbocycles. The minimum Gasteiger partial charge on any atom is -0.462 e. The fraction of sp³-hybridized carbons (Fsp3) is 0.687. The van der Waals surface area contributed by atoms with Crippen LogP contribution in [0.5, 0.6) is 0 Å². The molecule has 0 spiro atoms. The first kappa shape index (κ1) is 83.8. The van der Waals surface area contributed by atoms with Crippen molar-refractivity contribution in [1.82, 2.24) is 0 Å². The molecule has 0 aliphatic rings. The topological polar surface area (TPSA) is 72.8 Å². The van der Waals surface area contributed by atoms with Gasteiger partial charge in [-0.05, 0) is 122 Å². The molecular formula is C83H140O5. The zero-order valence-electron chi connectivity index (χ0n) is 57.7. The van der Waals surface area contributed by atoms with Gasteiger partial charge in [0.05, 0.1) is 6.61 Å². The summed E-state index contributed by atoms with van der Waals surface area (Å²) in [4.78, 5) is 24.7. The average molecular weight is 1220 g/mol. The molecule has 0 aliphatic heterocycles. The Balaban J connectivity index is 3.51. The number of allylic oxidation sites excluding steroid dienone is 24. The molecule has 0 fully saturated rings. The lowest BCUT2D eigenvalue weighted by atomic mass is 10.0. The Morgan fingerprint density at radius 2 is 0.489 bits per heavy atom. The normalized spacial score (nSPS) is 13.1. The van der Waals surface area contributed by atoms with Crippen LogP contribution in [-0.4, -0.2) is 36.4 Å². The van der Waals surface area contributed by atoms with E-state index < -0.39 is 6.10 Å². The third-order valence-electron chi connectivity index (χ3n) is 16.1. The van der Waals surface area contributed by atoms with Crippen LogP contribution < -0.4 is 0 Å². The van der Waals surface area contributed by atoms with Crippen molar-refractivity contribution >= 4 is 11.9 Å². The van der Waals surface area contributed by atoms with Crippen LogP contribution in [0, 0.1) is 0 Å². The van der Waals surface area contributed by atoms with Crippen molar-refractivity contribution in [2.45, 2.75) is 354 Å². The number of esters is 2. The minimum absolute atomic E-state index is 0.0766. The maximum absolute atomic E-state index is 12.4. The van der Waals surface area contributed by atoms with Crippen LogP contribution >= 0.6 is 0 Å². The van der Waals surface area contributed by atoms with Gasteiger partial charge >= 0.3 is 11.9 Å². The Morgan fingerprint density at radius 1 is 0.273 bits per heavy atom. The van der Waals surface area contributed by atoms with Crippen LogP contribution in [0.3, 0.4) is 0 Å². The first-order valence-electron chi connectivity index (χ1n) is 37.4. The van der Waals surface area contributed by atoms with Gasteiger partial charge in [0.2, 0.25) is 0 Å². The fourth-order valence-corrected chi connectivity index (χ4v) is 10.6. The molecule has 0 rings (SSSR count). The molecule has 0 bridgehead atoms. The summed E-state index contributed by atoms with van der Waals surface area (Å²) in [5.74, 6) is -0.603. The maximum Gasteiger partial charge on any atom is 0.306 e. The first-order chi connectivity index (χ1) is 43.6. The van der Waals surface area contributed by atoms with Crippen molar-refractivity contribution in [2.75, 3.05) is 13.2 Å². The van der Waals surface area contributed by atoms with Crippen molar-refractivity contribution < 1.29 is 24.2 Å². The van der Waals surface area contributed by atoms with Gasteiger partial charge in [0.1, 0.15) is 6.61 Å². The van der Waals surface area contributed by atoms with Crippen LogP contribution in [0.25, 0.3) is 0 Å². The predicted molar refractivity (Wildman–Crippen MR) is 389 cm³/mol. The second-order valence-electron chi connectivity index (χ2n) is 24.6. The molecule has 5 nitrogen and oxygen atoms in total. The Hall–Kier alpha value is -4.22. The van der Waals surface area contributed by atoms with Gasteiger partial charge in [-0.25, -0.2) is 0 Å². The van der Waals surface area contributed by atoms with Crippen LogP contribution in [0.2, 0.25) is 0 Å². The summed E-state index contributed by atoms with van der Waals surface area (Å²) in [5, 5.41) is 9.71. The van der Waals surface area contributed by atoms with Crippen molar-refractivity contribution in [3.8, 4) is 0 Å². The monoisotopic (exact) mass is 1220 g/mol. The number of hydrogen-bond donors (Lipinski definition) is 1. The molecular weight excluding hydrogens is 1080 g/mol. The number of carbonyl (C=O) groups is 2. The van der Waals surface area contributed by atoms with Gasteiger partial charge in [0, 0.05) is 12.8 Å². The Labute approximate surface area is 546 Å². The number of aliphatic hydroxyl groups excluding tert-OH is 1. The van der Waals surface area contributed by atoms with E-state index in [1.807, 2.05) is 0 Å². The van der Waals surface area contributed by atoms with E-state index in [4.69, 9.17) is 9.47 Å². The van der Waals surface area contributed by atoms with E-state index in [1.165, 1.54) is 205 Å². The molecule has 0 amide bonds. The summed E-state index contributed by atoms with van der Waals surface area (Å²) in [6.45, 7) is 4.03. The van der Waals surface area contributed by atoms with Crippen molar-refractivity contribution in [3.63, 3.8) is 0 Å². The molecule has 0 aromatic heterocycles. The van der Waals surface area contributed by atoms with Crippen LogP contribution in [-0.2, 0) is 19.1 Å². The quantitative estimate of drug-likeness (QED) is 0.0373. The van der Waals surface area contributed by atoms with Crippen molar-refractivity contribution in [1.29, 1.82) is 0 Å². The maximum atomic E-state index is 12.4. The lowest BCUT2D eigenvalue weighted by Gasteiger charge is -2.15. The fourth-order valence-electron chi connectivity index (χ4n) is 10.6. The molecule has 0 aromatic carbocycles. The summed E-state index contributed by atoms with van der Waals surface area (Å²) in [6.07, 6.45) is 116. The number of carbonyl (C=O) groups excluding carboxylic acids is 2. The largest absolute Gasteiger partial charge is 0.462 e. The van der Waals surface area contributed by atoms with E-state index in [-0.39, 0.29) is 25.2 Å². The lowest BCUT2D eigenvalue weighted by molar-refractivity contribution is -0.161. The molecule has 0 heterocycles. The van der Waals surface area contributed by atoms with E-state index in [0.717, 1.165) is 116 Å². The molecule has 0 aliphatic carbocycles. The highest BCUT2D eigenvalue weighted by molar-refractivity contribution is 5.70. The molecule has 0 radical (unpaired) electrons. The molecule has 502 valence electrons. The molecule has 1 atom stereocenters. The number of ether oxygens (including phenoxy) is 2. The SMILES string of the molecule is CC/C=C\C/C=C\C/C=C\C/C=C\C/C=C\C/C=C\C/C=C\C/C=C\C/C=C\C/C=C\CCCCCCCCC(=O)OC(CO)COC(=O)CCCCCCCCCCCCCCCCCCCCCCCCCCC/C=C\C/C=C\CCCCCCC. The molecule has 0 aromatic rings. The summed E-state index contributed by atoms with van der Waals surface area (Å²) in [7, 11) is 0. The highest BCUT2D eigenvalue weighted by Crippen LogP contribution is 2.18. The van der Waals surface area contributed by atoms with E-state index >= 15 is 0 Å². The smallest absolute Gasteiger partial charge is 0.306 e. The second kappa shape index (κ2) is 77.0. The number of hydrogen-bond acceptors (Lipinski definition) is 5. The Kier molecular flexibility index (Phi) is 73.3. The Morgan fingerprint density at radius 3 is 0.739 bits per heavy atom. The van der Waals surface area contributed by atoms with Crippen LogP contribution in [0.1, 0.15) is 348 Å². The van der Waals surface area contributed by atoms with Gasteiger partial charge in [-0.1, -0.05) is 359 Å². The van der Waals surface area contributed by atoms with Crippen LogP contribution in [0.4, 0.5) is 0 Å². The van der Waals surface area contributed by atoms with Gasteiger partial charge < -0.3 is 14.6 Å². The van der Waals surface area contributed by atoms with Crippen LogP contribution in [0.15, 0.2) is 146 Å². The zero-order valence-corrected chi connectivity index (χ0v) is 57.7. The second-order valence-corrected chi connectivity index (χ2v) is 24.6. The predicted octanol–water partition coefficient (Wildman–Crippen LogP) is 26.4. The van der Waals surface area contributed by atoms with Crippen molar-refractivity contribution in [3.05, 3.63) is 146 Å². The van der Waals surface area contributed by atoms with E-state index in [2.05, 4.69) is 160 Å². The molecule has 1 N–H and O–H groups in total.